The fraction of sp³-hybridized carbons (Fsp3) is 0.286. The van der Waals surface area contributed by atoms with E-state index in [1.54, 1.807) is 6.07 Å². The van der Waals surface area contributed by atoms with E-state index in [1.807, 2.05) is 6.21 Å². The topological polar surface area (TPSA) is 51.5 Å². The summed E-state index contributed by atoms with van der Waals surface area (Å²) in [5.74, 6) is 1.38. The number of fused-ring (bicyclic) bond motifs is 1. The highest BCUT2D eigenvalue weighted by Crippen LogP contribution is 2.28. The van der Waals surface area contributed by atoms with Crippen LogP contribution in [0.25, 0.3) is 0 Å². The lowest BCUT2D eigenvalue weighted by atomic mass is 10.2. The average Bonchev–Trinajstić information content (AvgIpc) is 2.27. The van der Waals surface area contributed by atoms with E-state index < -0.39 is 0 Å². The maximum absolute atomic E-state index is 5.42. The quantitative estimate of drug-likeness (QED) is 0.587. The predicted molar refractivity (Wildman–Crippen MR) is 39.6 cm³/mol. The van der Waals surface area contributed by atoms with Crippen LogP contribution in [0, 0.1) is 0 Å². The molecule has 0 saturated heterocycles. The van der Waals surface area contributed by atoms with Gasteiger partial charge in [-0.15, -0.1) is 0 Å². The van der Waals surface area contributed by atoms with Crippen LogP contribution in [0.1, 0.15) is 12.2 Å². The molecule has 52 valence electrons. The molecule has 0 aromatic carbocycles. The highest BCUT2D eigenvalue weighted by atomic mass is 16.4. The predicted octanol–water partition coefficient (Wildman–Crippen LogP) is 1.51. The van der Waals surface area contributed by atoms with E-state index in [-0.39, 0.29) is 0 Å². The lowest BCUT2D eigenvalue weighted by Crippen LogP contribution is -1.88. The molecule has 2 heterocycles. The van der Waals surface area contributed by atoms with Crippen LogP contribution in [0.4, 0.5) is 11.6 Å². The molecular weight excluding hydrogens is 128 g/mol. The average molecular weight is 136 g/mol. The third-order valence-corrected chi connectivity index (χ3v) is 1.54. The molecule has 0 atom stereocenters. The second kappa shape index (κ2) is 1.87. The Kier molecular flexibility index (Phi) is 1.03. The standard InChI is InChI=1S/C7H8N2O/c8-7-4-5-6(10-7)2-1-3-9-5/h3-4H,1-2,8H2. The van der Waals surface area contributed by atoms with E-state index >= 15 is 0 Å². The van der Waals surface area contributed by atoms with Crippen LogP contribution in [-0.2, 0) is 6.42 Å². The Morgan fingerprint density at radius 2 is 2.50 bits per heavy atom. The first-order valence-electron chi connectivity index (χ1n) is 3.27. The van der Waals surface area contributed by atoms with Crippen LogP contribution >= 0.6 is 0 Å². The van der Waals surface area contributed by atoms with Crippen molar-refractivity contribution in [1.82, 2.24) is 0 Å². The van der Waals surface area contributed by atoms with Crippen molar-refractivity contribution in [2.75, 3.05) is 5.73 Å². The van der Waals surface area contributed by atoms with Crippen molar-refractivity contribution < 1.29 is 4.42 Å². The summed E-state index contributed by atoms with van der Waals surface area (Å²) in [7, 11) is 0. The van der Waals surface area contributed by atoms with Crippen molar-refractivity contribution in [2.24, 2.45) is 4.99 Å². The molecule has 1 aromatic heterocycles. The molecule has 1 aliphatic rings. The Bertz CT molecular complexity index is 275. The van der Waals surface area contributed by atoms with Crippen molar-refractivity contribution in [2.45, 2.75) is 12.8 Å². The van der Waals surface area contributed by atoms with Crippen LogP contribution in [0.2, 0.25) is 0 Å². The van der Waals surface area contributed by atoms with Gasteiger partial charge in [0, 0.05) is 18.7 Å². The van der Waals surface area contributed by atoms with Crippen molar-refractivity contribution in [3.05, 3.63) is 11.8 Å². The van der Waals surface area contributed by atoms with E-state index in [2.05, 4.69) is 4.99 Å². The molecule has 1 aromatic rings. The number of aryl methyl sites for hydroxylation is 1. The number of anilines is 1. The SMILES string of the molecule is Nc1cc2c(o1)CCC=N2. The summed E-state index contributed by atoms with van der Waals surface area (Å²) >= 11 is 0. The molecule has 2 N–H and O–H groups in total. The Morgan fingerprint density at radius 1 is 1.60 bits per heavy atom. The Labute approximate surface area is 58.5 Å². The number of aliphatic imine (C=N–C) groups is 1. The van der Waals surface area contributed by atoms with Gasteiger partial charge in [0.05, 0.1) is 0 Å². The lowest BCUT2D eigenvalue weighted by Gasteiger charge is -1.99. The maximum atomic E-state index is 5.42. The van der Waals surface area contributed by atoms with Crippen molar-refractivity contribution in [3.8, 4) is 0 Å². The fourth-order valence-corrected chi connectivity index (χ4v) is 1.09. The van der Waals surface area contributed by atoms with Gasteiger partial charge in [0.15, 0.2) is 5.88 Å². The molecule has 1 aliphatic heterocycles. The normalized spacial score (nSPS) is 15.2. The highest BCUT2D eigenvalue weighted by molar-refractivity contribution is 5.68. The van der Waals surface area contributed by atoms with Crippen molar-refractivity contribution in [1.29, 1.82) is 0 Å². The molecular formula is C7H8N2O. The second-order valence-corrected chi connectivity index (χ2v) is 2.31. The first-order chi connectivity index (χ1) is 4.86. The maximum Gasteiger partial charge on any atom is 0.192 e. The molecule has 0 unspecified atom stereocenters. The minimum Gasteiger partial charge on any atom is -0.444 e. The van der Waals surface area contributed by atoms with Crippen LogP contribution in [-0.4, -0.2) is 6.21 Å². The Balaban J connectivity index is 2.53. The summed E-state index contributed by atoms with van der Waals surface area (Å²) in [5, 5.41) is 0. The minimum absolute atomic E-state index is 0.462. The van der Waals surface area contributed by atoms with Crippen LogP contribution < -0.4 is 5.73 Å². The number of hydrogen-bond donors (Lipinski definition) is 1. The smallest absolute Gasteiger partial charge is 0.192 e. The fourth-order valence-electron chi connectivity index (χ4n) is 1.09. The largest absolute Gasteiger partial charge is 0.444 e. The molecule has 0 spiro atoms. The molecule has 3 nitrogen and oxygen atoms in total. The van der Waals surface area contributed by atoms with Gasteiger partial charge in [-0.25, -0.2) is 0 Å². The molecule has 0 radical (unpaired) electrons. The van der Waals surface area contributed by atoms with Crippen molar-refractivity contribution in [3.63, 3.8) is 0 Å². The monoisotopic (exact) mass is 136 g/mol. The third kappa shape index (κ3) is 0.708. The lowest BCUT2D eigenvalue weighted by molar-refractivity contribution is 0.529. The second-order valence-electron chi connectivity index (χ2n) is 2.31. The summed E-state index contributed by atoms with van der Waals surface area (Å²) in [6, 6.07) is 1.75. The van der Waals surface area contributed by atoms with E-state index in [0.717, 1.165) is 24.3 Å². The molecule has 0 fully saturated rings. The molecule has 2 rings (SSSR count). The number of nitrogens with zero attached hydrogens (tertiary/aromatic N) is 1. The van der Waals surface area contributed by atoms with Gasteiger partial charge in [0.1, 0.15) is 11.4 Å². The van der Waals surface area contributed by atoms with E-state index in [1.165, 1.54) is 0 Å². The van der Waals surface area contributed by atoms with E-state index in [9.17, 15) is 0 Å². The zero-order chi connectivity index (χ0) is 6.97. The van der Waals surface area contributed by atoms with Gasteiger partial charge in [-0.2, -0.15) is 0 Å². The van der Waals surface area contributed by atoms with Gasteiger partial charge in [-0.05, 0) is 6.42 Å². The number of furan rings is 1. The Morgan fingerprint density at radius 3 is 3.30 bits per heavy atom. The summed E-state index contributed by atoms with van der Waals surface area (Å²) in [4.78, 5) is 4.12. The van der Waals surface area contributed by atoms with Crippen molar-refractivity contribution >= 4 is 17.8 Å². The summed E-state index contributed by atoms with van der Waals surface area (Å²) in [6.45, 7) is 0. The minimum atomic E-state index is 0.462. The molecule has 10 heavy (non-hydrogen) atoms. The summed E-state index contributed by atoms with van der Waals surface area (Å²) in [6.07, 6.45) is 3.77. The number of hydrogen-bond acceptors (Lipinski definition) is 3. The zero-order valence-corrected chi connectivity index (χ0v) is 5.50. The summed E-state index contributed by atoms with van der Waals surface area (Å²) in [5.41, 5.74) is 6.31. The number of nitrogen functional groups attached to an aromatic ring is 1. The molecule has 3 heteroatoms. The summed E-state index contributed by atoms with van der Waals surface area (Å²) < 4.78 is 5.17. The molecule has 0 saturated carbocycles. The van der Waals surface area contributed by atoms with Crippen LogP contribution in [0.5, 0.6) is 0 Å². The van der Waals surface area contributed by atoms with Gasteiger partial charge in [0.25, 0.3) is 0 Å². The number of rotatable bonds is 0. The van der Waals surface area contributed by atoms with E-state index in [0.29, 0.717) is 5.88 Å². The van der Waals surface area contributed by atoms with Gasteiger partial charge in [-0.1, -0.05) is 0 Å². The molecule has 0 amide bonds. The van der Waals surface area contributed by atoms with Crippen LogP contribution in [0.3, 0.4) is 0 Å². The van der Waals surface area contributed by atoms with Gasteiger partial charge < -0.3 is 10.2 Å². The highest BCUT2D eigenvalue weighted by Gasteiger charge is 2.10. The zero-order valence-electron chi connectivity index (χ0n) is 5.50. The molecule has 0 bridgehead atoms. The third-order valence-electron chi connectivity index (χ3n) is 1.54. The van der Waals surface area contributed by atoms with Crippen LogP contribution in [0.15, 0.2) is 15.5 Å². The number of nitrogens with two attached hydrogens (primary N) is 1. The van der Waals surface area contributed by atoms with Gasteiger partial charge in [0.2, 0.25) is 0 Å². The first-order valence-corrected chi connectivity index (χ1v) is 3.27. The van der Waals surface area contributed by atoms with Gasteiger partial charge in [-0.3, -0.25) is 4.99 Å². The van der Waals surface area contributed by atoms with E-state index in [4.69, 9.17) is 10.2 Å². The van der Waals surface area contributed by atoms with Gasteiger partial charge >= 0.3 is 0 Å². The molecule has 0 aliphatic carbocycles. The first kappa shape index (κ1) is 5.53. The Hall–Kier alpha value is -1.25.